The molecule has 7 heteroatoms. The number of ether oxygens (including phenoxy) is 2. The summed E-state index contributed by atoms with van der Waals surface area (Å²) < 4.78 is 37.7. The van der Waals surface area contributed by atoms with Crippen LogP contribution in [-0.2, 0) is 19.6 Å². The largest absolute Gasteiger partial charge is 0.507 e. The van der Waals surface area contributed by atoms with Crippen molar-refractivity contribution < 1.29 is 28.2 Å². The van der Waals surface area contributed by atoms with E-state index in [1.54, 1.807) is 12.0 Å². The van der Waals surface area contributed by atoms with Crippen molar-refractivity contribution in [1.29, 1.82) is 0 Å². The Hall–Kier alpha value is -3.61. The minimum Gasteiger partial charge on any atom is -0.507 e. The second-order valence-corrected chi connectivity index (χ2v) is 7.60. The van der Waals surface area contributed by atoms with E-state index in [1.165, 1.54) is 0 Å². The van der Waals surface area contributed by atoms with Crippen LogP contribution < -0.4 is 9.47 Å². The number of carbonyl (C=O) groups excluding carboxylic acids is 1. The van der Waals surface area contributed by atoms with E-state index < -0.39 is 23.6 Å². The Morgan fingerprint density at radius 2 is 1.88 bits per heavy atom. The number of halogens is 2. The van der Waals surface area contributed by atoms with Gasteiger partial charge in [0.25, 0.3) is 12.3 Å². The number of nitrogens with zero attached hydrogens (tertiary/aromatic N) is 1. The molecule has 1 N–H and O–H groups in total. The lowest BCUT2D eigenvalue weighted by Gasteiger charge is -2.30. The molecule has 0 spiro atoms. The van der Waals surface area contributed by atoms with Crippen LogP contribution in [0.2, 0.25) is 0 Å². The molecule has 3 aromatic carbocycles. The van der Waals surface area contributed by atoms with Crippen LogP contribution in [0.1, 0.15) is 39.0 Å². The average Bonchev–Trinajstić information content (AvgIpc) is 2.81. The first kappa shape index (κ1) is 21.6. The molecule has 0 saturated carbocycles. The summed E-state index contributed by atoms with van der Waals surface area (Å²) in [5, 5.41) is 10.5. The van der Waals surface area contributed by atoms with E-state index >= 15 is 0 Å². The number of phenolic OH excluding ortho intramolecular Hbond substituents is 1. The molecule has 4 rings (SSSR count). The van der Waals surface area contributed by atoms with E-state index in [0.717, 1.165) is 28.8 Å². The number of carbonyl (C=O) groups is 1. The van der Waals surface area contributed by atoms with Crippen molar-refractivity contribution in [3.63, 3.8) is 0 Å². The summed E-state index contributed by atoms with van der Waals surface area (Å²) in [6, 6.07) is 16.9. The lowest BCUT2D eigenvalue weighted by atomic mass is 9.98. The number of hydrogen-bond acceptors (Lipinski definition) is 4. The van der Waals surface area contributed by atoms with E-state index in [9.17, 15) is 18.7 Å². The average molecular weight is 439 g/mol. The highest BCUT2D eigenvalue weighted by Crippen LogP contribution is 2.36. The summed E-state index contributed by atoms with van der Waals surface area (Å²) in [4.78, 5) is 14.9. The monoisotopic (exact) mass is 439 g/mol. The fraction of sp³-hybridized carbons (Fsp3) is 0.240. The van der Waals surface area contributed by atoms with Gasteiger partial charge >= 0.3 is 0 Å². The van der Waals surface area contributed by atoms with Gasteiger partial charge < -0.3 is 19.5 Å². The molecular formula is C25H23F2NO4. The molecule has 1 aliphatic heterocycles. The van der Waals surface area contributed by atoms with Gasteiger partial charge in [-0.3, -0.25) is 4.79 Å². The predicted molar refractivity (Wildman–Crippen MR) is 115 cm³/mol. The maximum atomic E-state index is 13.4. The van der Waals surface area contributed by atoms with Gasteiger partial charge in [0.05, 0.1) is 7.11 Å². The summed E-state index contributed by atoms with van der Waals surface area (Å²) in [5.41, 5.74) is 2.35. The summed E-state index contributed by atoms with van der Waals surface area (Å²) in [7, 11) is 1.58. The van der Waals surface area contributed by atoms with Crippen molar-refractivity contribution in [2.45, 2.75) is 26.0 Å². The molecule has 1 aliphatic rings. The van der Waals surface area contributed by atoms with Gasteiger partial charge in [-0.1, -0.05) is 36.4 Å². The number of fused-ring (bicyclic) bond motifs is 1. The molecular weight excluding hydrogens is 416 g/mol. The topological polar surface area (TPSA) is 59.0 Å². The van der Waals surface area contributed by atoms with E-state index in [-0.39, 0.29) is 17.9 Å². The molecule has 0 atom stereocenters. The lowest BCUT2D eigenvalue weighted by molar-refractivity contribution is 0.0725. The number of rotatable bonds is 6. The number of methoxy groups -OCH3 is 1. The number of hydrogen-bond donors (Lipinski definition) is 1. The quantitative estimate of drug-likeness (QED) is 0.580. The zero-order valence-corrected chi connectivity index (χ0v) is 17.6. The van der Waals surface area contributed by atoms with Crippen LogP contribution in [0.15, 0.2) is 60.7 Å². The molecule has 1 amide bonds. The van der Waals surface area contributed by atoms with E-state index in [4.69, 9.17) is 9.47 Å². The van der Waals surface area contributed by atoms with Crippen LogP contribution in [0, 0.1) is 0 Å². The fourth-order valence-electron chi connectivity index (χ4n) is 3.80. The summed E-state index contributed by atoms with van der Waals surface area (Å²) >= 11 is 0. The number of alkyl halides is 2. The maximum absolute atomic E-state index is 13.4. The van der Waals surface area contributed by atoms with Crippen molar-refractivity contribution in [2.24, 2.45) is 0 Å². The number of benzene rings is 3. The first-order valence-corrected chi connectivity index (χ1v) is 10.2. The van der Waals surface area contributed by atoms with Crippen LogP contribution in [0.5, 0.6) is 17.2 Å². The summed E-state index contributed by atoms with van der Waals surface area (Å²) in [5.74, 6) is -0.369. The van der Waals surface area contributed by atoms with Crippen molar-refractivity contribution in [3.8, 4) is 17.2 Å². The number of amides is 1. The van der Waals surface area contributed by atoms with Gasteiger partial charge in [0.2, 0.25) is 0 Å². The molecule has 166 valence electrons. The van der Waals surface area contributed by atoms with E-state index in [0.29, 0.717) is 25.3 Å². The summed E-state index contributed by atoms with van der Waals surface area (Å²) in [6.45, 7) is 0.832. The minimum absolute atomic E-state index is 0.0643. The van der Waals surface area contributed by atoms with Gasteiger partial charge in [0, 0.05) is 18.7 Å². The molecule has 0 saturated heterocycles. The SMILES string of the molecule is COc1ccc2c(c1)CN(C(=O)c1c(O)cc(C(F)F)cc1OCc1ccccc1)CC2. The molecule has 32 heavy (non-hydrogen) atoms. The smallest absolute Gasteiger partial charge is 0.264 e. The zero-order valence-electron chi connectivity index (χ0n) is 17.6. The second kappa shape index (κ2) is 9.26. The molecule has 0 unspecified atom stereocenters. The van der Waals surface area contributed by atoms with Crippen LogP contribution in [0.4, 0.5) is 8.78 Å². The van der Waals surface area contributed by atoms with Gasteiger partial charge in [-0.25, -0.2) is 8.78 Å². The molecule has 0 aliphatic carbocycles. The van der Waals surface area contributed by atoms with Crippen molar-refractivity contribution in [3.05, 3.63) is 88.5 Å². The zero-order chi connectivity index (χ0) is 22.7. The Labute approximate surface area is 184 Å². The first-order chi connectivity index (χ1) is 15.5. The van der Waals surface area contributed by atoms with Crippen molar-refractivity contribution in [2.75, 3.05) is 13.7 Å². The lowest BCUT2D eigenvalue weighted by Crippen LogP contribution is -2.36. The normalized spacial score (nSPS) is 13.1. The van der Waals surface area contributed by atoms with Gasteiger partial charge in [-0.05, 0) is 47.4 Å². The molecule has 0 radical (unpaired) electrons. The van der Waals surface area contributed by atoms with Crippen LogP contribution in [-0.4, -0.2) is 29.6 Å². The van der Waals surface area contributed by atoms with Gasteiger partial charge in [0.15, 0.2) is 0 Å². The van der Waals surface area contributed by atoms with Gasteiger partial charge in [0.1, 0.15) is 29.4 Å². The number of phenols is 1. The van der Waals surface area contributed by atoms with Gasteiger partial charge in [-0.15, -0.1) is 0 Å². The Bertz CT molecular complexity index is 1120. The van der Waals surface area contributed by atoms with Crippen molar-refractivity contribution >= 4 is 5.91 Å². The third-order valence-electron chi connectivity index (χ3n) is 5.52. The molecule has 0 bridgehead atoms. The van der Waals surface area contributed by atoms with E-state index in [1.807, 2.05) is 48.5 Å². The third kappa shape index (κ3) is 4.51. The molecule has 3 aromatic rings. The molecule has 0 aromatic heterocycles. The highest BCUT2D eigenvalue weighted by Gasteiger charge is 2.28. The summed E-state index contributed by atoms with van der Waals surface area (Å²) in [6.07, 6.45) is -2.17. The van der Waals surface area contributed by atoms with Crippen molar-refractivity contribution in [1.82, 2.24) is 4.90 Å². The van der Waals surface area contributed by atoms with Crippen LogP contribution >= 0.6 is 0 Å². The van der Waals surface area contributed by atoms with Gasteiger partial charge in [-0.2, -0.15) is 0 Å². The highest BCUT2D eigenvalue weighted by molar-refractivity contribution is 6.00. The standard InChI is InChI=1S/C25H23F2NO4/c1-31-20-8-7-17-9-10-28(14-19(17)11-20)25(30)23-21(29)12-18(24(26)27)13-22(23)32-15-16-5-3-2-4-6-16/h2-8,11-13,24,29H,9-10,14-15H2,1H3. The Morgan fingerprint density at radius 1 is 1.09 bits per heavy atom. The Kier molecular flexibility index (Phi) is 6.25. The molecule has 0 fully saturated rings. The Morgan fingerprint density at radius 3 is 2.59 bits per heavy atom. The fourth-order valence-corrected chi connectivity index (χ4v) is 3.80. The first-order valence-electron chi connectivity index (χ1n) is 10.2. The van der Waals surface area contributed by atoms with E-state index in [2.05, 4.69) is 0 Å². The molecule has 5 nitrogen and oxygen atoms in total. The Balaban J connectivity index is 1.64. The van der Waals surface area contributed by atoms with Crippen LogP contribution in [0.25, 0.3) is 0 Å². The maximum Gasteiger partial charge on any atom is 0.264 e. The minimum atomic E-state index is -2.81. The third-order valence-corrected chi connectivity index (χ3v) is 5.52. The highest BCUT2D eigenvalue weighted by atomic mass is 19.3. The van der Waals surface area contributed by atoms with Crippen LogP contribution in [0.3, 0.4) is 0 Å². The second-order valence-electron chi connectivity index (χ2n) is 7.60. The molecule has 1 heterocycles. The predicted octanol–water partition coefficient (Wildman–Crippen LogP) is 5.12. The number of aromatic hydroxyl groups is 1.